The van der Waals surface area contributed by atoms with Crippen LogP contribution >= 0.6 is 0 Å². The van der Waals surface area contributed by atoms with Gasteiger partial charge in [0, 0.05) is 0 Å². The lowest BCUT2D eigenvalue weighted by atomic mass is 9.93. The Kier molecular flexibility index (Phi) is 12.5. The van der Waals surface area contributed by atoms with Gasteiger partial charge in [-0.25, -0.2) is 8.93 Å². The van der Waals surface area contributed by atoms with Crippen molar-refractivity contribution in [2.75, 3.05) is 6.61 Å². The van der Waals surface area contributed by atoms with E-state index in [-0.39, 0.29) is 13.0 Å². The number of unbranched alkanes of at least 4 members (excludes halogenated alkanes) is 5. The number of hydrogen-bond acceptors (Lipinski definition) is 3. The van der Waals surface area contributed by atoms with E-state index in [1.54, 1.807) is 20.8 Å². The van der Waals surface area contributed by atoms with E-state index in [4.69, 9.17) is 4.74 Å². The Bertz CT molecular complexity index is 450. The molecule has 8 heteroatoms. The van der Waals surface area contributed by atoms with Gasteiger partial charge in [0.05, 0.1) is 28.3 Å². The van der Waals surface area contributed by atoms with E-state index in [1.165, 1.54) is 0 Å². The second-order valence-corrected chi connectivity index (χ2v) is 9.85. The molecule has 0 aliphatic carbocycles. The van der Waals surface area contributed by atoms with E-state index in [0.29, 0.717) is 12.8 Å². The average molecular weight is 416 g/mol. The summed E-state index contributed by atoms with van der Waals surface area (Å²) in [6.07, 6.45) is 0.985. The van der Waals surface area contributed by atoms with Crippen molar-refractivity contribution in [3.63, 3.8) is 0 Å². The minimum atomic E-state index is -4.70. The number of esters is 1. The topological polar surface area (TPSA) is 55.4 Å². The Morgan fingerprint density at radius 1 is 1.00 bits per heavy atom. The second kappa shape index (κ2) is 12.8. The molecule has 0 heterocycles. The van der Waals surface area contributed by atoms with Crippen LogP contribution in [0, 0.1) is 5.92 Å². The third-order valence-corrected chi connectivity index (χ3v) is 5.79. The van der Waals surface area contributed by atoms with Crippen molar-refractivity contribution in [2.45, 2.75) is 103 Å². The maximum atomic E-state index is 13.7. The van der Waals surface area contributed by atoms with E-state index in [2.05, 4.69) is 11.6 Å². The van der Waals surface area contributed by atoms with Gasteiger partial charge < -0.3 is 4.74 Å². The van der Waals surface area contributed by atoms with Gasteiger partial charge in [-0.1, -0.05) is 52.4 Å². The van der Waals surface area contributed by atoms with Gasteiger partial charge in [0.15, 0.2) is 0 Å². The molecule has 0 saturated heterocycles. The standard InChI is InChI=1S/C19H36F3NO3S/c1-6-8-10-11-12-13-15(17(24)26-14-9-7-2)16(19(20,21)22)23-27(25)18(3,4)5/h15-16,23H,6-14H2,1-5H3/t15-,16-,27-/m1/s1. The molecule has 0 bridgehead atoms. The largest absolute Gasteiger partial charge is 0.465 e. The lowest BCUT2D eigenvalue weighted by Crippen LogP contribution is -2.53. The quantitative estimate of drug-likeness (QED) is 0.328. The number of alkyl halides is 3. The molecule has 0 unspecified atom stereocenters. The first-order valence-corrected chi connectivity index (χ1v) is 11.0. The van der Waals surface area contributed by atoms with E-state index < -0.39 is 39.8 Å². The molecule has 0 radical (unpaired) electrons. The van der Waals surface area contributed by atoms with Crippen molar-refractivity contribution >= 4 is 17.0 Å². The minimum Gasteiger partial charge on any atom is -0.465 e. The smallest absolute Gasteiger partial charge is 0.405 e. The van der Waals surface area contributed by atoms with Crippen molar-refractivity contribution in [3.05, 3.63) is 0 Å². The monoisotopic (exact) mass is 415 g/mol. The fourth-order valence-corrected chi connectivity index (χ4v) is 3.36. The van der Waals surface area contributed by atoms with Crippen LogP contribution in [0.4, 0.5) is 13.2 Å². The van der Waals surface area contributed by atoms with Crippen LogP contribution in [0.1, 0.15) is 86.0 Å². The fraction of sp³-hybridized carbons (Fsp3) is 0.947. The van der Waals surface area contributed by atoms with Crippen molar-refractivity contribution in [2.24, 2.45) is 5.92 Å². The molecular formula is C19H36F3NO3S. The highest BCUT2D eigenvalue weighted by Crippen LogP contribution is 2.31. The molecule has 0 saturated carbocycles. The van der Waals surface area contributed by atoms with Crippen LogP contribution in [0.25, 0.3) is 0 Å². The third kappa shape index (κ3) is 11.1. The van der Waals surface area contributed by atoms with Gasteiger partial charge >= 0.3 is 12.1 Å². The number of hydrogen-bond donors (Lipinski definition) is 1. The second-order valence-electron chi connectivity index (χ2n) is 7.85. The molecular weight excluding hydrogens is 379 g/mol. The minimum absolute atomic E-state index is 0.0627. The van der Waals surface area contributed by atoms with Gasteiger partial charge in [-0.05, 0) is 33.6 Å². The van der Waals surface area contributed by atoms with Crippen molar-refractivity contribution in [1.29, 1.82) is 0 Å². The summed E-state index contributed by atoms with van der Waals surface area (Å²) in [5.41, 5.74) is 0. The molecule has 0 rings (SSSR count). The predicted octanol–water partition coefficient (Wildman–Crippen LogP) is 5.29. The Balaban J connectivity index is 5.29. The molecule has 0 aromatic heterocycles. The number of ether oxygens (including phenoxy) is 1. The summed E-state index contributed by atoms with van der Waals surface area (Å²) in [6.45, 7) is 8.83. The molecule has 0 spiro atoms. The van der Waals surface area contributed by atoms with Crippen LogP contribution in [0.5, 0.6) is 0 Å². The number of nitrogens with one attached hydrogen (secondary N) is 1. The fourth-order valence-electron chi connectivity index (χ4n) is 2.48. The Morgan fingerprint density at radius 3 is 2.04 bits per heavy atom. The number of rotatable bonds is 13. The molecule has 4 nitrogen and oxygen atoms in total. The zero-order valence-electron chi connectivity index (χ0n) is 17.3. The van der Waals surface area contributed by atoms with E-state index in [9.17, 15) is 22.2 Å². The van der Waals surface area contributed by atoms with Crippen LogP contribution in [0.2, 0.25) is 0 Å². The SMILES string of the molecule is CCCCCCC[C@@H](C(=O)OCCCC)[C@@H](N[S@](=O)C(C)(C)C)C(F)(F)F. The first-order chi connectivity index (χ1) is 12.4. The normalized spacial score (nSPS) is 16.0. The van der Waals surface area contributed by atoms with E-state index in [1.807, 2.05) is 6.92 Å². The number of halogens is 3. The molecule has 162 valence electrons. The Hall–Kier alpha value is -0.630. The van der Waals surface area contributed by atoms with Crippen LogP contribution in [0.15, 0.2) is 0 Å². The van der Waals surface area contributed by atoms with Crippen LogP contribution in [0.3, 0.4) is 0 Å². The predicted molar refractivity (Wildman–Crippen MR) is 104 cm³/mol. The molecule has 0 aliphatic rings. The van der Waals surface area contributed by atoms with Gasteiger partial charge in [-0.3, -0.25) is 4.79 Å². The van der Waals surface area contributed by atoms with E-state index in [0.717, 1.165) is 32.1 Å². The first kappa shape index (κ1) is 26.4. The highest BCUT2D eigenvalue weighted by atomic mass is 32.2. The van der Waals surface area contributed by atoms with Gasteiger partial charge in [0.2, 0.25) is 0 Å². The molecule has 0 aromatic rings. The summed E-state index contributed by atoms with van der Waals surface area (Å²) in [5.74, 6) is -2.26. The molecule has 3 atom stereocenters. The maximum Gasteiger partial charge on any atom is 0.405 e. The van der Waals surface area contributed by atoms with Gasteiger partial charge in [-0.2, -0.15) is 13.2 Å². The third-order valence-electron chi connectivity index (χ3n) is 4.21. The summed E-state index contributed by atoms with van der Waals surface area (Å²) < 4.78 is 59.7. The summed E-state index contributed by atoms with van der Waals surface area (Å²) in [7, 11) is -1.95. The highest BCUT2D eigenvalue weighted by molar-refractivity contribution is 7.84. The number of carbonyl (C=O) groups excluding carboxylic acids is 1. The van der Waals surface area contributed by atoms with Gasteiger partial charge in [-0.15, -0.1) is 0 Å². The lowest BCUT2D eigenvalue weighted by molar-refractivity contribution is -0.179. The molecule has 0 amide bonds. The average Bonchev–Trinajstić information content (AvgIpc) is 2.54. The Morgan fingerprint density at radius 2 is 1.56 bits per heavy atom. The zero-order chi connectivity index (χ0) is 21.1. The van der Waals surface area contributed by atoms with Crippen LogP contribution < -0.4 is 4.72 Å². The lowest BCUT2D eigenvalue weighted by Gasteiger charge is -2.30. The summed E-state index contributed by atoms with van der Waals surface area (Å²) in [4.78, 5) is 12.4. The summed E-state index contributed by atoms with van der Waals surface area (Å²) >= 11 is 0. The molecule has 1 N–H and O–H groups in total. The van der Waals surface area contributed by atoms with E-state index >= 15 is 0 Å². The number of carbonyl (C=O) groups is 1. The zero-order valence-corrected chi connectivity index (χ0v) is 18.1. The van der Waals surface area contributed by atoms with Crippen LogP contribution in [-0.2, 0) is 20.5 Å². The molecule has 0 fully saturated rings. The van der Waals surface area contributed by atoms with Crippen molar-refractivity contribution in [1.82, 2.24) is 4.72 Å². The molecule has 0 aliphatic heterocycles. The first-order valence-electron chi connectivity index (χ1n) is 9.86. The Labute approximate surface area is 164 Å². The summed E-state index contributed by atoms with van der Waals surface area (Å²) in [6, 6.07) is -2.18. The molecule has 27 heavy (non-hydrogen) atoms. The maximum absolute atomic E-state index is 13.7. The highest BCUT2D eigenvalue weighted by Gasteiger charge is 2.49. The van der Waals surface area contributed by atoms with Crippen LogP contribution in [-0.4, -0.2) is 33.8 Å². The van der Waals surface area contributed by atoms with Crippen molar-refractivity contribution in [3.8, 4) is 0 Å². The van der Waals surface area contributed by atoms with Crippen molar-refractivity contribution < 1.29 is 26.9 Å². The van der Waals surface area contributed by atoms with Gasteiger partial charge in [0.1, 0.15) is 6.04 Å². The summed E-state index contributed by atoms with van der Waals surface area (Å²) in [5, 5.41) is 0. The molecule has 0 aromatic carbocycles. The van der Waals surface area contributed by atoms with Gasteiger partial charge in [0.25, 0.3) is 0 Å².